The molecule has 2 aromatic heterocycles. The molecule has 0 aliphatic carbocycles. The van der Waals surface area contributed by atoms with Gasteiger partial charge in [-0.2, -0.15) is 5.10 Å². The van der Waals surface area contributed by atoms with Crippen LogP contribution in [0.2, 0.25) is 0 Å². The Kier molecular flexibility index (Phi) is 2.81. The van der Waals surface area contributed by atoms with E-state index in [-0.39, 0.29) is 23.9 Å². The number of carbonyl (C=O) groups is 2. The highest BCUT2D eigenvalue weighted by molar-refractivity contribution is 5.92. The number of fused-ring (bicyclic) bond motifs is 1. The fourth-order valence-electron chi connectivity index (χ4n) is 2.49. The van der Waals surface area contributed by atoms with E-state index in [1.807, 2.05) is 0 Å². The van der Waals surface area contributed by atoms with Crippen LogP contribution in [0.25, 0.3) is 0 Å². The normalized spacial score (nSPS) is 14.2. The first kappa shape index (κ1) is 12.5. The minimum Gasteiger partial charge on any atom is -0.476 e. The summed E-state index contributed by atoms with van der Waals surface area (Å²) in [6, 6.07) is 3.24. The van der Waals surface area contributed by atoms with Crippen molar-refractivity contribution < 1.29 is 19.1 Å². The van der Waals surface area contributed by atoms with Gasteiger partial charge in [0.05, 0.1) is 12.8 Å². The third kappa shape index (κ3) is 1.87. The third-order valence-electron chi connectivity index (χ3n) is 3.46. The van der Waals surface area contributed by atoms with Crippen molar-refractivity contribution in [3.05, 3.63) is 41.1 Å². The van der Waals surface area contributed by atoms with Crippen LogP contribution in [0.5, 0.6) is 0 Å². The molecule has 0 spiro atoms. The van der Waals surface area contributed by atoms with E-state index in [0.717, 1.165) is 5.69 Å². The SMILES string of the molecule is Cn1nc(C(=O)O)c2c1CCN(C(=O)c1ccco1)C2. The second-order valence-electron chi connectivity index (χ2n) is 4.66. The summed E-state index contributed by atoms with van der Waals surface area (Å²) in [5.74, 6) is -1.05. The zero-order valence-electron chi connectivity index (χ0n) is 10.9. The molecule has 1 amide bonds. The largest absolute Gasteiger partial charge is 0.476 e. The summed E-state index contributed by atoms with van der Waals surface area (Å²) in [7, 11) is 1.72. The smallest absolute Gasteiger partial charge is 0.356 e. The summed E-state index contributed by atoms with van der Waals surface area (Å²) < 4.78 is 6.67. The van der Waals surface area contributed by atoms with Gasteiger partial charge in [-0.15, -0.1) is 0 Å². The maximum atomic E-state index is 12.2. The fourth-order valence-corrected chi connectivity index (χ4v) is 2.49. The maximum absolute atomic E-state index is 12.2. The third-order valence-corrected chi connectivity index (χ3v) is 3.46. The molecule has 7 nitrogen and oxygen atoms in total. The molecular formula is C13H13N3O4. The number of hydrogen-bond donors (Lipinski definition) is 1. The van der Waals surface area contributed by atoms with Crippen LogP contribution in [-0.4, -0.2) is 38.2 Å². The van der Waals surface area contributed by atoms with Crippen molar-refractivity contribution in [1.82, 2.24) is 14.7 Å². The van der Waals surface area contributed by atoms with Crippen LogP contribution in [0.15, 0.2) is 22.8 Å². The summed E-state index contributed by atoms with van der Waals surface area (Å²) in [6.45, 7) is 0.759. The number of nitrogens with zero attached hydrogens (tertiary/aromatic N) is 3. The molecule has 3 rings (SSSR count). The zero-order valence-corrected chi connectivity index (χ0v) is 10.9. The van der Waals surface area contributed by atoms with Gasteiger partial charge >= 0.3 is 5.97 Å². The highest BCUT2D eigenvalue weighted by Crippen LogP contribution is 2.23. The Hall–Kier alpha value is -2.57. The standard InChI is InChI=1S/C13H13N3O4/c1-15-9-4-5-16(12(17)10-3-2-6-20-10)7-8(9)11(14-15)13(18)19/h2-3,6H,4-5,7H2,1H3,(H,18,19). The van der Waals surface area contributed by atoms with E-state index in [2.05, 4.69) is 5.10 Å². The highest BCUT2D eigenvalue weighted by atomic mass is 16.4. The van der Waals surface area contributed by atoms with Crippen molar-refractivity contribution in [2.75, 3.05) is 6.54 Å². The second-order valence-corrected chi connectivity index (χ2v) is 4.66. The first-order valence-electron chi connectivity index (χ1n) is 6.18. The average Bonchev–Trinajstić information content (AvgIpc) is 3.06. The molecule has 104 valence electrons. The molecule has 0 fully saturated rings. The van der Waals surface area contributed by atoms with Crippen LogP contribution >= 0.6 is 0 Å². The molecule has 0 saturated heterocycles. The lowest BCUT2D eigenvalue weighted by Gasteiger charge is -2.26. The topological polar surface area (TPSA) is 88.6 Å². The molecule has 0 atom stereocenters. The number of aryl methyl sites for hydroxylation is 1. The quantitative estimate of drug-likeness (QED) is 0.880. The van der Waals surface area contributed by atoms with Crippen molar-refractivity contribution in [2.45, 2.75) is 13.0 Å². The van der Waals surface area contributed by atoms with Gasteiger partial charge in [0.15, 0.2) is 11.5 Å². The Balaban J connectivity index is 1.92. The molecule has 3 heterocycles. The van der Waals surface area contributed by atoms with Gasteiger partial charge in [0, 0.05) is 31.3 Å². The number of aromatic nitrogens is 2. The molecule has 20 heavy (non-hydrogen) atoms. The lowest BCUT2D eigenvalue weighted by Crippen LogP contribution is -2.36. The van der Waals surface area contributed by atoms with Crippen LogP contribution in [0.1, 0.15) is 32.3 Å². The molecular weight excluding hydrogens is 262 g/mol. The molecule has 0 bridgehead atoms. The van der Waals surface area contributed by atoms with E-state index >= 15 is 0 Å². The van der Waals surface area contributed by atoms with Gasteiger partial charge in [-0.1, -0.05) is 0 Å². The maximum Gasteiger partial charge on any atom is 0.356 e. The Morgan fingerprint density at radius 1 is 1.45 bits per heavy atom. The van der Waals surface area contributed by atoms with Gasteiger partial charge in [-0.05, 0) is 12.1 Å². The van der Waals surface area contributed by atoms with Crippen molar-refractivity contribution >= 4 is 11.9 Å². The number of carbonyl (C=O) groups excluding carboxylic acids is 1. The number of rotatable bonds is 2. The van der Waals surface area contributed by atoms with Crippen molar-refractivity contribution in [3.8, 4) is 0 Å². The van der Waals surface area contributed by atoms with Gasteiger partial charge in [0.25, 0.3) is 5.91 Å². The van der Waals surface area contributed by atoms with E-state index in [1.54, 1.807) is 28.8 Å². The summed E-state index contributed by atoms with van der Waals surface area (Å²) in [5, 5.41) is 13.2. The van der Waals surface area contributed by atoms with E-state index in [0.29, 0.717) is 18.5 Å². The Labute approximate surface area is 114 Å². The highest BCUT2D eigenvalue weighted by Gasteiger charge is 2.30. The van der Waals surface area contributed by atoms with Crippen molar-refractivity contribution in [3.63, 3.8) is 0 Å². The van der Waals surface area contributed by atoms with Crippen molar-refractivity contribution in [1.29, 1.82) is 0 Å². The van der Waals surface area contributed by atoms with Crippen LogP contribution in [-0.2, 0) is 20.0 Å². The summed E-state index contributed by atoms with van der Waals surface area (Å²) in [5.41, 5.74) is 1.48. The number of hydrogen-bond acceptors (Lipinski definition) is 4. The predicted octanol–water partition coefficient (Wildman–Crippen LogP) is 0.910. The monoisotopic (exact) mass is 275 g/mol. The molecule has 2 aromatic rings. The molecule has 1 N–H and O–H groups in total. The average molecular weight is 275 g/mol. The number of carboxylic acids is 1. The predicted molar refractivity (Wildman–Crippen MR) is 67.3 cm³/mol. The summed E-state index contributed by atoms with van der Waals surface area (Å²) in [6.07, 6.45) is 2.02. The first-order valence-corrected chi connectivity index (χ1v) is 6.18. The number of amides is 1. The lowest BCUT2D eigenvalue weighted by molar-refractivity contribution is 0.0665. The molecule has 7 heteroatoms. The van der Waals surface area contributed by atoms with Gasteiger partial charge in [0.1, 0.15) is 0 Å². The number of carboxylic acid groups (broad SMARTS) is 1. The van der Waals surface area contributed by atoms with E-state index in [4.69, 9.17) is 9.52 Å². The zero-order chi connectivity index (χ0) is 14.3. The van der Waals surface area contributed by atoms with Crippen LogP contribution in [0.4, 0.5) is 0 Å². The van der Waals surface area contributed by atoms with Gasteiger partial charge in [0.2, 0.25) is 0 Å². The number of aromatic carboxylic acids is 1. The molecule has 0 unspecified atom stereocenters. The van der Waals surface area contributed by atoms with Gasteiger partial charge in [-0.3, -0.25) is 9.48 Å². The Morgan fingerprint density at radius 2 is 2.25 bits per heavy atom. The summed E-state index contributed by atoms with van der Waals surface area (Å²) in [4.78, 5) is 25.0. The van der Waals surface area contributed by atoms with Crippen LogP contribution in [0.3, 0.4) is 0 Å². The van der Waals surface area contributed by atoms with Crippen LogP contribution in [0, 0.1) is 0 Å². The van der Waals surface area contributed by atoms with Gasteiger partial charge < -0.3 is 14.4 Å². The summed E-state index contributed by atoms with van der Waals surface area (Å²) >= 11 is 0. The van der Waals surface area contributed by atoms with Crippen LogP contribution < -0.4 is 0 Å². The molecule has 0 saturated carbocycles. The minimum absolute atomic E-state index is 0.0134. The van der Waals surface area contributed by atoms with Crippen molar-refractivity contribution in [2.24, 2.45) is 7.05 Å². The second kappa shape index (κ2) is 4.52. The minimum atomic E-state index is -1.07. The molecule has 0 radical (unpaired) electrons. The first-order chi connectivity index (χ1) is 9.58. The lowest BCUT2D eigenvalue weighted by atomic mass is 10.0. The number of furan rings is 1. The Morgan fingerprint density at radius 3 is 2.90 bits per heavy atom. The van der Waals surface area contributed by atoms with E-state index < -0.39 is 5.97 Å². The molecule has 0 aromatic carbocycles. The van der Waals surface area contributed by atoms with E-state index in [1.165, 1.54) is 6.26 Å². The molecule has 1 aliphatic heterocycles. The van der Waals surface area contributed by atoms with E-state index in [9.17, 15) is 9.59 Å². The van der Waals surface area contributed by atoms with Gasteiger partial charge in [-0.25, -0.2) is 4.79 Å². The molecule has 1 aliphatic rings. The fraction of sp³-hybridized carbons (Fsp3) is 0.308. The Bertz CT molecular complexity index is 672.